The predicted molar refractivity (Wildman–Crippen MR) is 65.1 cm³/mol. The van der Waals surface area contributed by atoms with Gasteiger partial charge in [0.15, 0.2) is 0 Å². The molecular formula is C13H16S. The molecule has 0 N–H and O–H groups in total. The lowest BCUT2D eigenvalue weighted by molar-refractivity contribution is 0.735. The predicted octanol–water partition coefficient (Wildman–Crippen LogP) is 4.43. The van der Waals surface area contributed by atoms with Gasteiger partial charge in [-0.05, 0) is 30.1 Å². The molecule has 14 heavy (non-hydrogen) atoms. The normalized spacial score (nSPS) is 25.9. The fourth-order valence-electron chi connectivity index (χ4n) is 1.60. The Labute approximate surface area is 90.5 Å². The third kappa shape index (κ3) is 2.65. The van der Waals surface area contributed by atoms with Crippen molar-refractivity contribution < 1.29 is 0 Å². The second-order valence-corrected chi connectivity index (χ2v) is 5.08. The lowest BCUT2D eigenvalue weighted by Gasteiger charge is -2.13. The Hall–Kier alpha value is -0.690. The second-order valence-electron chi connectivity index (χ2n) is 3.88. The molecule has 2 aliphatic carbocycles. The van der Waals surface area contributed by atoms with Crippen molar-refractivity contribution in [3.8, 4) is 0 Å². The average molecular weight is 204 g/mol. The molecule has 0 radical (unpaired) electrons. The SMILES string of the molecule is CC1C=CC(SC2=CC=CCC2)=CC1. The summed E-state index contributed by atoms with van der Waals surface area (Å²) in [6, 6.07) is 0. The first kappa shape index (κ1) is 9.85. The number of rotatable bonds is 2. The van der Waals surface area contributed by atoms with Gasteiger partial charge in [-0.2, -0.15) is 0 Å². The van der Waals surface area contributed by atoms with E-state index in [1.807, 2.05) is 11.8 Å². The highest BCUT2D eigenvalue weighted by molar-refractivity contribution is 8.06. The van der Waals surface area contributed by atoms with E-state index in [1.165, 1.54) is 29.1 Å². The fourth-order valence-corrected chi connectivity index (χ4v) is 2.60. The molecule has 0 fully saturated rings. The van der Waals surface area contributed by atoms with Gasteiger partial charge in [-0.1, -0.05) is 55.1 Å². The van der Waals surface area contributed by atoms with Crippen LogP contribution in [0.3, 0.4) is 0 Å². The van der Waals surface area contributed by atoms with E-state index in [-0.39, 0.29) is 0 Å². The van der Waals surface area contributed by atoms with E-state index >= 15 is 0 Å². The molecule has 0 spiro atoms. The van der Waals surface area contributed by atoms with E-state index < -0.39 is 0 Å². The van der Waals surface area contributed by atoms with E-state index in [0.29, 0.717) is 0 Å². The highest BCUT2D eigenvalue weighted by Gasteiger charge is 2.07. The quantitative estimate of drug-likeness (QED) is 0.641. The fraction of sp³-hybridized carbons (Fsp3) is 0.385. The Morgan fingerprint density at radius 1 is 1.43 bits per heavy atom. The Kier molecular flexibility index (Phi) is 3.30. The maximum atomic E-state index is 2.36. The van der Waals surface area contributed by atoms with Crippen molar-refractivity contribution in [1.82, 2.24) is 0 Å². The first-order valence-corrected chi connectivity index (χ1v) is 6.08. The Bertz CT molecular complexity index is 318. The lowest BCUT2D eigenvalue weighted by Crippen LogP contribution is -1.93. The molecule has 1 unspecified atom stereocenters. The molecule has 0 aromatic carbocycles. The Morgan fingerprint density at radius 3 is 3.00 bits per heavy atom. The van der Waals surface area contributed by atoms with Crippen LogP contribution < -0.4 is 0 Å². The zero-order valence-corrected chi connectivity index (χ0v) is 9.39. The van der Waals surface area contributed by atoms with Gasteiger partial charge in [-0.15, -0.1) is 0 Å². The van der Waals surface area contributed by atoms with E-state index in [0.717, 1.165) is 5.92 Å². The van der Waals surface area contributed by atoms with Crippen LogP contribution >= 0.6 is 11.8 Å². The van der Waals surface area contributed by atoms with Crippen LogP contribution in [0, 0.1) is 5.92 Å². The van der Waals surface area contributed by atoms with Crippen LogP contribution in [0.5, 0.6) is 0 Å². The second kappa shape index (κ2) is 4.70. The minimum Gasteiger partial charge on any atom is -0.0949 e. The third-order valence-corrected chi connectivity index (χ3v) is 3.65. The number of thioether (sulfide) groups is 1. The lowest BCUT2D eigenvalue weighted by atomic mass is 10.0. The molecule has 0 saturated carbocycles. The molecule has 0 heterocycles. The number of allylic oxidation sites excluding steroid dienone is 7. The number of hydrogen-bond donors (Lipinski definition) is 0. The molecule has 0 saturated heterocycles. The maximum Gasteiger partial charge on any atom is 0.00758 e. The first-order valence-electron chi connectivity index (χ1n) is 5.26. The molecule has 0 bridgehead atoms. The van der Waals surface area contributed by atoms with Crippen LogP contribution in [0.25, 0.3) is 0 Å². The third-order valence-electron chi connectivity index (χ3n) is 2.50. The summed E-state index contributed by atoms with van der Waals surface area (Å²) >= 11 is 1.93. The van der Waals surface area contributed by atoms with Crippen LogP contribution in [0.4, 0.5) is 0 Å². The Morgan fingerprint density at radius 2 is 2.36 bits per heavy atom. The summed E-state index contributed by atoms with van der Waals surface area (Å²) < 4.78 is 0. The summed E-state index contributed by atoms with van der Waals surface area (Å²) in [6.07, 6.45) is 17.2. The monoisotopic (exact) mass is 204 g/mol. The van der Waals surface area contributed by atoms with E-state index in [9.17, 15) is 0 Å². The molecule has 0 amide bonds. The molecule has 1 atom stereocenters. The van der Waals surface area contributed by atoms with Crippen LogP contribution in [-0.2, 0) is 0 Å². The van der Waals surface area contributed by atoms with E-state index in [2.05, 4.69) is 43.4 Å². The topological polar surface area (TPSA) is 0 Å². The summed E-state index contributed by atoms with van der Waals surface area (Å²) in [4.78, 5) is 2.92. The highest BCUT2D eigenvalue weighted by atomic mass is 32.2. The van der Waals surface area contributed by atoms with Gasteiger partial charge in [0.2, 0.25) is 0 Å². The standard InChI is InChI=1S/C13H16S/c1-11-7-9-13(10-8-11)14-12-5-3-2-4-6-12/h2-3,5,7,9-11H,4,6,8H2,1H3. The largest absolute Gasteiger partial charge is 0.0949 e. The van der Waals surface area contributed by atoms with Crippen molar-refractivity contribution in [2.75, 3.05) is 0 Å². The van der Waals surface area contributed by atoms with Crippen molar-refractivity contribution in [2.45, 2.75) is 26.2 Å². The molecule has 0 aromatic heterocycles. The van der Waals surface area contributed by atoms with Crippen molar-refractivity contribution in [1.29, 1.82) is 0 Å². The van der Waals surface area contributed by atoms with Crippen LogP contribution in [0.15, 0.2) is 46.3 Å². The summed E-state index contributed by atoms with van der Waals surface area (Å²) in [5.41, 5.74) is 0. The number of hydrogen-bond acceptors (Lipinski definition) is 1. The summed E-state index contributed by atoms with van der Waals surface area (Å²) in [5.74, 6) is 0.722. The molecule has 1 heteroatoms. The van der Waals surface area contributed by atoms with Crippen molar-refractivity contribution in [3.05, 3.63) is 46.3 Å². The molecular weight excluding hydrogens is 188 g/mol. The van der Waals surface area contributed by atoms with Gasteiger partial charge < -0.3 is 0 Å². The van der Waals surface area contributed by atoms with Gasteiger partial charge in [-0.3, -0.25) is 0 Å². The minimum absolute atomic E-state index is 0.722. The summed E-state index contributed by atoms with van der Waals surface area (Å²) in [5, 5.41) is 0. The molecule has 0 aliphatic heterocycles. The van der Waals surface area contributed by atoms with Gasteiger partial charge >= 0.3 is 0 Å². The molecule has 74 valence electrons. The minimum atomic E-state index is 0.722. The van der Waals surface area contributed by atoms with Gasteiger partial charge in [0.1, 0.15) is 0 Å². The van der Waals surface area contributed by atoms with E-state index in [1.54, 1.807) is 0 Å². The Balaban J connectivity index is 1.95. The van der Waals surface area contributed by atoms with Crippen LogP contribution in [0.2, 0.25) is 0 Å². The smallest absolute Gasteiger partial charge is 0.00758 e. The van der Waals surface area contributed by atoms with Gasteiger partial charge in [-0.25, -0.2) is 0 Å². The highest BCUT2D eigenvalue weighted by Crippen LogP contribution is 2.34. The van der Waals surface area contributed by atoms with Gasteiger partial charge in [0.25, 0.3) is 0 Å². The molecule has 0 nitrogen and oxygen atoms in total. The molecule has 2 rings (SSSR count). The van der Waals surface area contributed by atoms with Crippen LogP contribution in [-0.4, -0.2) is 0 Å². The van der Waals surface area contributed by atoms with Crippen LogP contribution in [0.1, 0.15) is 26.2 Å². The van der Waals surface area contributed by atoms with Gasteiger partial charge in [0.05, 0.1) is 0 Å². The molecule has 0 aromatic rings. The zero-order valence-electron chi connectivity index (χ0n) is 8.57. The first-order chi connectivity index (χ1) is 6.84. The summed E-state index contributed by atoms with van der Waals surface area (Å²) in [7, 11) is 0. The average Bonchev–Trinajstić information content (AvgIpc) is 2.23. The molecule has 2 aliphatic rings. The van der Waals surface area contributed by atoms with Crippen molar-refractivity contribution in [3.63, 3.8) is 0 Å². The summed E-state index contributed by atoms with van der Waals surface area (Å²) in [6.45, 7) is 2.26. The van der Waals surface area contributed by atoms with E-state index in [4.69, 9.17) is 0 Å². The zero-order chi connectivity index (χ0) is 9.80. The van der Waals surface area contributed by atoms with Crippen molar-refractivity contribution in [2.24, 2.45) is 5.92 Å². The van der Waals surface area contributed by atoms with Crippen molar-refractivity contribution >= 4 is 11.8 Å². The van der Waals surface area contributed by atoms with Gasteiger partial charge in [0, 0.05) is 4.91 Å². The maximum absolute atomic E-state index is 2.36.